The van der Waals surface area contributed by atoms with E-state index in [0.717, 1.165) is 22.0 Å². The number of rotatable bonds is 2. The van der Waals surface area contributed by atoms with Gasteiger partial charge in [-0.15, -0.1) is 11.8 Å². The highest BCUT2D eigenvalue weighted by molar-refractivity contribution is 8.00. The lowest BCUT2D eigenvalue weighted by Crippen LogP contribution is -2.27. The number of hydrogen-bond acceptors (Lipinski definition) is 2. The van der Waals surface area contributed by atoms with E-state index in [1.165, 1.54) is 0 Å². The third-order valence-corrected chi connectivity index (χ3v) is 5.86. The highest BCUT2D eigenvalue weighted by Gasteiger charge is 2.35. The van der Waals surface area contributed by atoms with E-state index in [1.54, 1.807) is 17.8 Å². The molecule has 0 saturated carbocycles. The molecule has 1 amide bonds. The Morgan fingerprint density at radius 3 is 2.54 bits per heavy atom. The van der Waals surface area contributed by atoms with Crippen molar-refractivity contribution in [3.8, 4) is 0 Å². The zero-order chi connectivity index (χ0) is 16.7. The zero-order valence-electron chi connectivity index (χ0n) is 12.6. The Balaban J connectivity index is 1.79. The molecule has 120 valence electrons. The van der Waals surface area contributed by atoms with Gasteiger partial charge in [0.2, 0.25) is 5.91 Å². The summed E-state index contributed by atoms with van der Waals surface area (Å²) in [4.78, 5) is 14.3. The van der Waals surface area contributed by atoms with Crippen molar-refractivity contribution in [3.63, 3.8) is 0 Å². The molecule has 1 saturated heterocycles. The second-order valence-electron chi connectivity index (χ2n) is 5.62. The van der Waals surface area contributed by atoms with Crippen LogP contribution in [0.25, 0.3) is 10.8 Å². The fourth-order valence-corrected chi connectivity index (χ4v) is 4.75. The number of fused-ring (bicyclic) bond motifs is 1. The molecule has 2 nitrogen and oxygen atoms in total. The van der Waals surface area contributed by atoms with Crippen LogP contribution in [0.5, 0.6) is 0 Å². The molecule has 3 aromatic carbocycles. The Bertz CT molecular complexity index is 944. The number of nitrogens with zero attached hydrogens (tertiary/aromatic N) is 1. The molecule has 5 heteroatoms. The number of hydrogen-bond donors (Lipinski definition) is 0. The Morgan fingerprint density at radius 1 is 0.958 bits per heavy atom. The highest BCUT2D eigenvalue weighted by Crippen LogP contribution is 2.44. The second kappa shape index (κ2) is 6.32. The molecular weight excluding hydrogens is 361 g/mol. The average molecular weight is 374 g/mol. The molecule has 0 aliphatic carbocycles. The molecule has 1 aliphatic rings. The van der Waals surface area contributed by atoms with E-state index in [9.17, 15) is 4.79 Å². The van der Waals surface area contributed by atoms with Gasteiger partial charge >= 0.3 is 0 Å². The van der Waals surface area contributed by atoms with Gasteiger partial charge in [-0.25, -0.2) is 0 Å². The minimum atomic E-state index is -0.136. The molecule has 1 heterocycles. The second-order valence-corrected chi connectivity index (χ2v) is 7.54. The summed E-state index contributed by atoms with van der Waals surface area (Å²) in [5, 5.41) is 3.31. The number of anilines is 1. The van der Waals surface area contributed by atoms with E-state index >= 15 is 0 Å². The normalized spacial score (nSPS) is 17.7. The summed E-state index contributed by atoms with van der Waals surface area (Å²) >= 11 is 13.9. The number of halogens is 2. The van der Waals surface area contributed by atoms with Crippen molar-refractivity contribution in [1.82, 2.24) is 0 Å². The summed E-state index contributed by atoms with van der Waals surface area (Å²) in [5.41, 5.74) is 1.80. The van der Waals surface area contributed by atoms with Gasteiger partial charge in [-0.05, 0) is 35.0 Å². The van der Waals surface area contributed by atoms with Crippen LogP contribution >= 0.6 is 35.0 Å². The average Bonchev–Trinajstić information content (AvgIpc) is 2.96. The van der Waals surface area contributed by atoms with E-state index in [-0.39, 0.29) is 11.3 Å². The van der Waals surface area contributed by atoms with E-state index < -0.39 is 0 Å². The van der Waals surface area contributed by atoms with Gasteiger partial charge in [0, 0.05) is 21.3 Å². The minimum absolute atomic E-state index is 0.0892. The number of thioether (sulfide) groups is 1. The molecule has 0 aromatic heterocycles. The van der Waals surface area contributed by atoms with Crippen LogP contribution < -0.4 is 4.90 Å². The first kappa shape index (κ1) is 15.8. The van der Waals surface area contributed by atoms with Gasteiger partial charge in [0.15, 0.2) is 0 Å². The summed E-state index contributed by atoms with van der Waals surface area (Å²) in [6, 6.07) is 19.6. The predicted octanol–water partition coefficient (Wildman–Crippen LogP) is 5.93. The van der Waals surface area contributed by atoms with Crippen molar-refractivity contribution in [1.29, 1.82) is 0 Å². The van der Waals surface area contributed by atoms with Crippen LogP contribution in [-0.4, -0.2) is 11.7 Å². The standard InChI is InChI=1S/C19H13Cl2NOS/c20-14-6-8-16(17(21)10-14)19-22(18(23)11-24-19)15-7-5-12-3-1-2-4-13(12)9-15/h1-10,19H,11H2/t19-/m1/s1. The van der Waals surface area contributed by atoms with Gasteiger partial charge in [-0.1, -0.05) is 59.6 Å². The van der Waals surface area contributed by atoms with Crippen molar-refractivity contribution in [3.05, 3.63) is 76.3 Å². The molecule has 24 heavy (non-hydrogen) atoms. The monoisotopic (exact) mass is 373 g/mol. The topological polar surface area (TPSA) is 20.3 Å². The lowest BCUT2D eigenvalue weighted by Gasteiger charge is -2.25. The SMILES string of the molecule is O=C1CS[C@H](c2ccc(Cl)cc2Cl)N1c1ccc2ccccc2c1. The quantitative estimate of drug-likeness (QED) is 0.555. The maximum absolute atomic E-state index is 12.5. The Labute approximate surface area is 154 Å². The van der Waals surface area contributed by atoms with E-state index in [0.29, 0.717) is 15.8 Å². The first-order valence-electron chi connectivity index (χ1n) is 7.51. The van der Waals surface area contributed by atoms with Crippen LogP contribution in [0.2, 0.25) is 10.0 Å². The van der Waals surface area contributed by atoms with Gasteiger partial charge in [-0.3, -0.25) is 9.69 Å². The van der Waals surface area contributed by atoms with Crippen molar-refractivity contribution >= 4 is 57.3 Å². The lowest BCUT2D eigenvalue weighted by molar-refractivity contribution is -0.115. The van der Waals surface area contributed by atoms with Crippen LogP contribution in [0.1, 0.15) is 10.9 Å². The summed E-state index contributed by atoms with van der Waals surface area (Å²) in [6.45, 7) is 0. The molecule has 3 aromatic rings. The Hall–Kier alpha value is -1.68. The summed E-state index contributed by atoms with van der Waals surface area (Å²) in [7, 11) is 0. The molecule has 4 rings (SSSR count). The van der Waals surface area contributed by atoms with E-state index in [1.807, 2.05) is 41.3 Å². The van der Waals surface area contributed by atoms with Gasteiger partial charge in [-0.2, -0.15) is 0 Å². The minimum Gasteiger partial charge on any atom is -0.295 e. The molecular formula is C19H13Cl2NOS. The van der Waals surface area contributed by atoms with Crippen molar-refractivity contribution in [2.75, 3.05) is 10.7 Å². The highest BCUT2D eigenvalue weighted by atomic mass is 35.5. The molecule has 0 spiro atoms. The number of amides is 1. The molecule has 0 bridgehead atoms. The Morgan fingerprint density at radius 2 is 1.75 bits per heavy atom. The molecule has 0 N–H and O–H groups in total. The van der Waals surface area contributed by atoms with Crippen molar-refractivity contribution in [2.45, 2.75) is 5.37 Å². The lowest BCUT2D eigenvalue weighted by atomic mass is 10.1. The van der Waals surface area contributed by atoms with Crippen LogP contribution in [-0.2, 0) is 4.79 Å². The fraction of sp³-hybridized carbons (Fsp3) is 0.105. The van der Waals surface area contributed by atoms with Crippen LogP contribution in [0.3, 0.4) is 0 Å². The number of carbonyl (C=O) groups is 1. The van der Waals surface area contributed by atoms with Gasteiger partial charge in [0.25, 0.3) is 0 Å². The first-order chi connectivity index (χ1) is 11.6. The third-order valence-electron chi connectivity index (χ3n) is 4.11. The van der Waals surface area contributed by atoms with Crippen molar-refractivity contribution < 1.29 is 4.79 Å². The largest absolute Gasteiger partial charge is 0.295 e. The molecule has 1 atom stereocenters. The first-order valence-corrected chi connectivity index (χ1v) is 9.31. The van der Waals surface area contributed by atoms with Gasteiger partial charge in [0.05, 0.1) is 5.75 Å². The fourth-order valence-electron chi connectivity index (χ4n) is 2.96. The van der Waals surface area contributed by atoms with Gasteiger partial charge < -0.3 is 0 Å². The molecule has 1 fully saturated rings. The smallest absolute Gasteiger partial charge is 0.238 e. The van der Waals surface area contributed by atoms with E-state index in [4.69, 9.17) is 23.2 Å². The maximum Gasteiger partial charge on any atom is 0.238 e. The summed E-state index contributed by atoms with van der Waals surface area (Å²) in [6.07, 6.45) is 0. The number of benzene rings is 3. The summed E-state index contributed by atoms with van der Waals surface area (Å²) in [5.74, 6) is 0.530. The molecule has 0 unspecified atom stereocenters. The zero-order valence-corrected chi connectivity index (χ0v) is 14.9. The summed E-state index contributed by atoms with van der Waals surface area (Å²) < 4.78 is 0. The maximum atomic E-state index is 12.5. The Kier molecular flexibility index (Phi) is 4.17. The molecule has 0 radical (unpaired) electrons. The van der Waals surface area contributed by atoms with Crippen molar-refractivity contribution in [2.24, 2.45) is 0 Å². The van der Waals surface area contributed by atoms with Crippen LogP contribution in [0.4, 0.5) is 5.69 Å². The van der Waals surface area contributed by atoms with Crippen LogP contribution in [0.15, 0.2) is 60.7 Å². The van der Waals surface area contributed by atoms with E-state index in [2.05, 4.69) is 18.2 Å². The van der Waals surface area contributed by atoms with Crippen LogP contribution in [0, 0.1) is 0 Å². The molecule has 1 aliphatic heterocycles. The van der Waals surface area contributed by atoms with Gasteiger partial charge in [0.1, 0.15) is 5.37 Å². The predicted molar refractivity (Wildman–Crippen MR) is 103 cm³/mol. The third kappa shape index (κ3) is 2.77. The number of carbonyl (C=O) groups excluding carboxylic acids is 1.